The average molecular weight is 273 g/mol. The van der Waals surface area contributed by atoms with Crippen LogP contribution in [-0.4, -0.2) is 23.0 Å². The minimum Gasteiger partial charge on any atom is -0.299 e. The van der Waals surface area contributed by atoms with Crippen LogP contribution in [0, 0.1) is 5.92 Å². The summed E-state index contributed by atoms with van der Waals surface area (Å²) >= 11 is 11.9. The Hall–Kier alpha value is -0.310. The van der Waals surface area contributed by atoms with Gasteiger partial charge in [-0.25, -0.2) is 4.98 Å². The molecule has 0 N–H and O–H groups in total. The molecule has 0 aliphatic carbocycles. The number of nitrogens with zero attached hydrogens (tertiary/aromatic N) is 2. The molecule has 1 aliphatic rings. The summed E-state index contributed by atoms with van der Waals surface area (Å²) in [5.41, 5.74) is 1.08. The Balaban J connectivity index is 1.93. The highest BCUT2D eigenvalue weighted by atomic mass is 35.5. The third-order valence-electron chi connectivity index (χ3n) is 3.57. The van der Waals surface area contributed by atoms with Crippen LogP contribution in [0.3, 0.4) is 0 Å². The van der Waals surface area contributed by atoms with Crippen molar-refractivity contribution in [2.24, 2.45) is 5.92 Å². The molecule has 0 saturated carbocycles. The lowest BCUT2D eigenvalue weighted by Crippen LogP contribution is -2.33. The van der Waals surface area contributed by atoms with Crippen molar-refractivity contribution in [3.8, 4) is 0 Å². The van der Waals surface area contributed by atoms with Gasteiger partial charge in [0, 0.05) is 23.3 Å². The Bertz CT molecular complexity index is 374. The van der Waals surface area contributed by atoms with Gasteiger partial charge >= 0.3 is 0 Å². The molecule has 0 spiro atoms. The third-order valence-corrected chi connectivity index (χ3v) is 4.13. The van der Waals surface area contributed by atoms with Gasteiger partial charge in [-0.1, -0.05) is 36.5 Å². The fourth-order valence-electron chi connectivity index (χ4n) is 2.35. The van der Waals surface area contributed by atoms with Crippen molar-refractivity contribution < 1.29 is 0 Å². The van der Waals surface area contributed by atoms with Crippen molar-refractivity contribution in [2.45, 2.75) is 32.7 Å². The van der Waals surface area contributed by atoms with Crippen LogP contribution in [0.4, 0.5) is 0 Å². The summed E-state index contributed by atoms with van der Waals surface area (Å²) < 4.78 is 0. The zero-order valence-electron chi connectivity index (χ0n) is 10.1. The molecule has 4 heteroatoms. The van der Waals surface area contributed by atoms with Gasteiger partial charge in [-0.2, -0.15) is 0 Å². The molecular formula is C13H18Cl2N2. The van der Waals surface area contributed by atoms with E-state index < -0.39 is 0 Å². The topological polar surface area (TPSA) is 16.1 Å². The summed E-state index contributed by atoms with van der Waals surface area (Å²) in [4.78, 5) is 6.54. The minimum absolute atomic E-state index is 0.462. The van der Waals surface area contributed by atoms with E-state index in [4.69, 9.17) is 23.2 Å². The van der Waals surface area contributed by atoms with Gasteiger partial charge in [0.05, 0.1) is 0 Å². The average Bonchev–Trinajstić information content (AvgIpc) is 2.34. The lowest BCUT2D eigenvalue weighted by Gasteiger charge is -2.31. The maximum atomic E-state index is 6.15. The highest BCUT2D eigenvalue weighted by Gasteiger charge is 2.18. The lowest BCUT2D eigenvalue weighted by molar-refractivity contribution is 0.175. The van der Waals surface area contributed by atoms with E-state index in [-0.39, 0.29) is 0 Å². The predicted octanol–water partition coefficient (Wildman–Crippen LogP) is 4.01. The van der Waals surface area contributed by atoms with Crippen LogP contribution in [-0.2, 0) is 6.54 Å². The zero-order chi connectivity index (χ0) is 12.3. The second-order valence-corrected chi connectivity index (χ2v) is 5.52. The monoisotopic (exact) mass is 272 g/mol. The number of pyridine rings is 1. The fraction of sp³-hybridized carbons (Fsp3) is 0.615. The highest BCUT2D eigenvalue weighted by Crippen LogP contribution is 2.24. The van der Waals surface area contributed by atoms with Crippen LogP contribution >= 0.6 is 23.2 Å². The summed E-state index contributed by atoms with van der Waals surface area (Å²) in [5.74, 6) is 0.907. The smallest absolute Gasteiger partial charge is 0.130 e. The molecule has 0 bridgehead atoms. The second kappa shape index (κ2) is 6.03. The summed E-state index contributed by atoms with van der Waals surface area (Å²) in [7, 11) is 0. The Morgan fingerprint density at radius 2 is 2.06 bits per heavy atom. The highest BCUT2D eigenvalue weighted by molar-refractivity contribution is 6.34. The quantitative estimate of drug-likeness (QED) is 0.773. The normalized spacial score (nSPS) is 18.5. The van der Waals surface area contributed by atoms with E-state index >= 15 is 0 Å². The number of hydrogen-bond donors (Lipinski definition) is 0. The van der Waals surface area contributed by atoms with Crippen molar-refractivity contribution in [1.82, 2.24) is 9.88 Å². The molecule has 2 heterocycles. The van der Waals surface area contributed by atoms with Gasteiger partial charge in [0.2, 0.25) is 0 Å². The molecule has 17 heavy (non-hydrogen) atoms. The van der Waals surface area contributed by atoms with Crippen LogP contribution < -0.4 is 0 Å². The summed E-state index contributed by atoms with van der Waals surface area (Å²) in [6.45, 7) is 5.49. The predicted molar refractivity (Wildman–Crippen MR) is 72.5 cm³/mol. The molecule has 0 radical (unpaired) electrons. The largest absolute Gasteiger partial charge is 0.299 e. The van der Waals surface area contributed by atoms with Crippen LogP contribution in [0.2, 0.25) is 10.2 Å². The SMILES string of the molecule is CCC1CCN(Cc2cnc(Cl)cc2Cl)CC1. The van der Waals surface area contributed by atoms with Crippen molar-refractivity contribution in [3.63, 3.8) is 0 Å². The molecule has 0 atom stereocenters. The maximum Gasteiger partial charge on any atom is 0.130 e. The van der Waals surface area contributed by atoms with Crippen molar-refractivity contribution >= 4 is 23.2 Å². The number of likely N-dealkylation sites (tertiary alicyclic amines) is 1. The summed E-state index contributed by atoms with van der Waals surface area (Å²) in [5, 5.41) is 1.19. The second-order valence-electron chi connectivity index (χ2n) is 4.73. The maximum absolute atomic E-state index is 6.15. The first-order chi connectivity index (χ1) is 8.19. The number of halogens is 2. The minimum atomic E-state index is 0.462. The van der Waals surface area contributed by atoms with Gasteiger partial charge in [0.15, 0.2) is 0 Å². The Kier molecular flexibility index (Phi) is 4.66. The van der Waals surface area contributed by atoms with Gasteiger partial charge < -0.3 is 0 Å². The first-order valence-corrected chi connectivity index (χ1v) is 6.97. The lowest BCUT2D eigenvalue weighted by atomic mass is 9.94. The molecule has 0 amide bonds. The molecule has 0 aromatic carbocycles. The molecule has 1 aliphatic heterocycles. The molecule has 2 rings (SSSR count). The van der Waals surface area contributed by atoms with E-state index in [0.29, 0.717) is 5.15 Å². The number of aromatic nitrogens is 1. The standard InChI is InChI=1S/C13H18Cl2N2/c1-2-10-3-5-17(6-4-10)9-11-8-16-13(15)7-12(11)14/h7-8,10H,2-6,9H2,1H3. The third kappa shape index (κ3) is 3.57. The molecule has 1 fully saturated rings. The number of rotatable bonds is 3. The Morgan fingerprint density at radius 1 is 1.35 bits per heavy atom. The zero-order valence-corrected chi connectivity index (χ0v) is 11.6. The molecule has 1 saturated heterocycles. The van der Waals surface area contributed by atoms with Crippen LogP contribution in [0.15, 0.2) is 12.3 Å². The van der Waals surface area contributed by atoms with Gasteiger partial charge in [-0.3, -0.25) is 4.90 Å². The molecule has 1 aromatic rings. The van der Waals surface area contributed by atoms with Crippen LogP contribution in [0.5, 0.6) is 0 Å². The van der Waals surface area contributed by atoms with E-state index in [1.54, 1.807) is 12.3 Å². The molecule has 1 aromatic heterocycles. The van der Waals surface area contributed by atoms with Gasteiger partial charge in [0.25, 0.3) is 0 Å². The van der Waals surface area contributed by atoms with Gasteiger partial charge in [-0.05, 0) is 37.9 Å². The van der Waals surface area contributed by atoms with E-state index in [2.05, 4.69) is 16.8 Å². The van der Waals surface area contributed by atoms with Crippen LogP contribution in [0.25, 0.3) is 0 Å². The summed E-state index contributed by atoms with van der Waals surface area (Å²) in [6.07, 6.45) is 5.69. The Labute approximate surface area is 113 Å². The number of hydrogen-bond acceptors (Lipinski definition) is 2. The van der Waals surface area contributed by atoms with Gasteiger partial charge in [0.1, 0.15) is 5.15 Å². The van der Waals surface area contributed by atoms with E-state index in [1.165, 1.54) is 19.3 Å². The Morgan fingerprint density at radius 3 is 2.65 bits per heavy atom. The van der Waals surface area contributed by atoms with Crippen molar-refractivity contribution in [2.75, 3.05) is 13.1 Å². The number of piperidine rings is 1. The van der Waals surface area contributed by atoms with Crippen molar-refractivity contribution in [1.29, 1.82) is 0 Å². The molecule has 94 valence electrons. The first-order valence-electron chi connectivity index (χ1n) is 6.21. The van der Waals surface area contributed by atoms with Gasteiger partial charge in [-0.15, -0.1) is 0 Å². The fourth-order valence-corrected chi connectivity index (χ4v) is 2.77. The van der Waals surface area contributed by atoms with E-state index in [0.717, 1.165) is 36.1 Å². The molecule has 0 unspecified atom stereocenters. The van der Waals surface area contributed by atoms with E-state index in [9.17, 15) is 0 Å². The van der Waals surface area contributed by atoms with Crippen molar-refractivity contribution in [3.05, 3.63) is 28.0 Å². The summed E-state index contributed by atoms with van der Waals surface area (Å²) in [6, 6.07) is 1.72. The molecular weight excluding hydrogens is 255 g/mol. The van der Waals surface area contributed by atoms with E-state index in [1.807, 2.05) is 0 Å². The van der Waals surface area contributed by atoms with Crippen LogP contribution in [0.1, 0.15) is 31.7 Å². The molecule has 2 nitrogen and oxygen atoms in total. The first kappa shape index (κ1) is 13.1.